The summed E-state index contributed by atoms with van der Waals surface area (Å²) in [5.41, 5.74) is 1.36. The molecule has 1 aromatic heterocycles. The number of aryl methyl sites for hydroxylation is 1. The summed E-state index contributed by atoms with van der Waals surface area (Å²) in [6, 6.07) is 15.3. The summed E-state index contributed by atoms with van der Waals surface area (Å²) in [6.45, 7) is 1.59. The number of carbonyl (C=O) groups is 1. The summed E-state index contributed by atoms with van der Waals surface area (Å²) in [5, 5.41) is 2.89. The van der Waals surface area contributed by atoms with Gasteiger partial charge in [0.05, 0.1) is 11.2 Å². The van der Waals surface area contributed by atoms with Gasteiger partial charge in [-0.15, -0.1) is 0 Å². The molecule has 0 saturated carbocycles. The topological polar surface area (TPSA) is 84.3 Å². The molecule has 1 amide bonds. The number of rotatable bonds is 9. The van der Waals surface area contributed by atoms with Crippen LogP contribution in [0.3, 0.4) is 0 Å². The van der Waals surface area contributed by atoms with E-state index in [-0.39, 0.29) is 17.3 Å². The lowest BCUT2D eigenvalue weighted by atomic mass is 10.1. The molecular weight excluding hydrogens is 388 g/mol. The predicted octanol–water partition coefficient (Wildman–Crippen LogP) is 2.52. The van der Waals surface area contributed by atoms with Crippen LogP contribution in [0.4, 0.5) is 0 Å². The Kier molecular flexibility index (Phi) is 6.79. The second-order valence-electron chi connectivity index (χ2n) is 6.68. The Morgan fingerprint density at radius 3 is 2.48 bits per heavy atom. The minimum atomic E-state index is -3.55. The Morgan fingerprint density at radius 1 is 1.10 bits per heavy atom. The molecule has 0 aliphatic heterocycles. The summed E-state index contributed by atoms with van der Waals surface area (Å²) >= 11 is 0. The summed E-state index contributed by atoms with van der Waals surface area (Å²) in [7, 11) is -2.00. The van der Waals surface area contributed by atoms with Crippen LogP contribution in [0.25, 0.3) is 0 Å². The molecule has 0 aliphatic carbocycles. The van der Waals surface area contributed by atoms with Crippen molar-refractivity contribution in [3.05, 3.63) is 84.4 Å². The first-order valence-corrected chi connectivity index (χ1v) is 10.7. The maximum atomic E-state index is 12.6. The van der Waals surface area contributed by atoms with Gasteiger partial charge in [0, 0.05) is 44.6 Å². The highest BCUT2D eigenvalue weighted by Gasteiger charge is 2.20. The second kappa shape index (κ2) is 9.49. The molecule has 1 N–H and O–H groups in total. The van der Waals surface area contributed by atoms with Crippen molar-refractivity contribution in [1.29, 1.82) is 0 Å². The van der Waals surface area contributed by atoms with Gasteiger partial charge >= 0.3 is 0 Å². The molecule has 8 heteroatoms. The summed E-state index contributed by atoms with van der Waals surface area (Å²) in [5.74, 6) is -0.146. The van der Waals surface area contributed by atoms with E-state index in [1.54, 1.807) is 74.2 Å². The lowest BCUT2D eigenvalue weighted by Crippen LogP contribution is -2.27. The normalized spacial score (nSPS) is 11.5. The minimum absolute atomic E-state index is 0.146. The Hall–Kier alpha value is -2.97. The van der Waals surface area contributed by atoms with Gasteiger partial charge in [-0.25, -0.2) is 13.4 Å². The van der Waals surface area contributed by atoms with Crippen LogP contribution in [-0.2, 0) is 23.1 Å². The van der Waals surface area contributed by atoms with Crippen molar-refractivity contribution in [2.75, 3.05) is 13.6 Å². The van der Waals surface area contributed by atoms with E-state index >= 15 is 0 Å². The molecular formula is C21H24N4O3S. The van der Waals surface area contributed by atoms with Gasteiger partial charge < -0.3 is 9.88 Å². The van der Waals surface area contributed by atoms with Crippen molar-refractivity contribution in [3.63, 3.8) is 0 Å². The lowest BCUT2D eigenvalue weighted by Gasteiger charge is -2.17. The number of imidazole rings is 1. The molecule has 152 valence electrons. The molecule has 1 heterocycles. The largest absolute Gasteiger partial charge is 0.352 e. The number of amides is 1. The SMILES string of the molecule is CN(Cc1ccc(C(=O)NCCCn2ccnc2)cc1)S(=O)(=O)c1ccccc1. The highest BCUT2D eigenvalue weighted by atomic mass is 32.2. The van der Waals surface area contributed by atoms with Crippen LogP contribution in [0.15, 0.2) is 78.2 Å². The standard InChI is InChI=1S/C21H24N4O3S/c1-24(29(27,28)20-6-3-2-4-7-20)16-18-8-10-19(11-9-18)21(26)23-12-5-14-25-15-13-22-17-25/h2-4,6-11,13,15,17H,5,12,14,16H2,1H3,(H,23,26). The van der Waals surface area contributed by atoms with Gasteiger partial charge in [0.1, 0.15) is 0 Å². The molecule has 3 rings (SSSR count). The van der Waals surface area contributed by atoms with Gasteiger partial charge in [-0.2, -0.15) is 4.31 Å². The molecule has 0 fully saturated rings. The predicted molar refractivity (Wildman–Crippen MR) is 111 cm³/mol. The summed E-state index contributed by atoms with van der Waals surface area (Å²) in [4.78, 5) is 16.5. The molecule has 0 saturated heterocycles. The highest BCUT2D eigenvalue weighted by molar-refractivity contribution is 7.89. The van der Waals surface area contributed by atoms with E-state index in [0.717, 1.165) is 18.5 Å². The Labute approximate surface area is 171 Å². The van der Waals surface area contributed by atoms with Crippen molar-refractivity contribution < 1.29 is 13.2 Å². The molecule has 0 bridgehead atoms. The van der Waals surface area contributed by atoms with Crippen LogP contribution in [0.1, 0.15) is 22.3 Å². The van der Waals surface area contributed by atoms with Crippen molar-refractivity contribution in [1.82, 2.24) is 19.2 Å². The molecule has 0 aliphatic rings. The monoisotopic (exact) mass is 412 g/mol. The Bertz CT molecular complexity index is 1020. The van der Waals surface area contributed by atoms with Gasteiger partial charge in [0.25, 0.3) is 5.91 Å². The zero-order valence-electron chi connectivity index (χ0n) is 16.2. The van der Waals surface area contributed by atoms with E-state index in [4.69, 9.17) is 0 Å². The van der Waals surface area contributed by atoms with Crippen LogP contribution in [0.2, 0.25) is 0 Å². The first-order chi connectivity index (χ1) is 14.0. The Morgan fingerprint density at radius 2 is 1.83 bits per heavy atom. The number of sulfonamides is 1. The number of nitrogens with zero attached hydrogens (tertiary/aromatic N) is 3. The van der Waals surface area contributed by atoms with Gasteiger partial charge in [-0.05, 0) is 36.2 Å². The van der Waals surface area contributed by atoms with Crippen LogP contribution < -0.4 is 5.32 Å². The zero-order chi connectivity index (χ0) is 20.7. The van der Waals surface area contributed by atoms with Crippen molar-refractivity contribution >= 4 is 15.9 Å². The fourth-order valence-electron chi connectivity index (χ4n) is 2.86. The molecule has 0 atom stereocenters. The van der Waals surface area contributed by atoms with Crippen molar-refractivity contribution in [2.45, 2.75) is 24.4 Å². The van der Waals surface area contributed by atoms with E-state index in [2.05, 4.69) is 10.3 Å². The number of benzene rings is 2. The third-order valence-corrected chi connectivity index (χ3v) is 6.33. The van der Waals surface area contributed by atoms with Crippen molar-refractivity contribution in [3.8, 4) is 0 Å². The number of hydrogen-bond donors (Lipinski definition) is 1. The van der Waals surface area contributed by atoms with Crippen LogP contribution >= 0.6 is 0 Å². The smallest absolute Gasteiger partial charge is 0.251 e. The van der Waals surface area contributed by atoms with E-state index in [1.807, 2.05) is 10.8 Å². The summed E-state index contributed by atoms with van der Waals surface area (Å²) < 4.78 is 28.5. The first-order valence-electron chi connectivity index (χ1n) is 9.31. The van der Waals surface area contributed by atoms with E-state index < -0.39 is 10.0 Å². The highest BCUT2D eigenvalue weighted by Crippen LogP contribution is 2.16. The fraction of sp³-hybridized carbons (Fsp3) is 0.238. The number of hydrogen-bond acceptors (Lipinski definition) is 4. The quantitative estimate of drug-likeness (QED) is 0.548. The van der Waals surface area contributed by atoms with E-state index in [0.29, 0.717) is 12.1 Å². The molecule has 7 nitrogen and oxygen atoms in total. The molecule has 29 heavy (non-hydrogen) atoms. The van der Waals surface area contributed by atoms with Crippen molar-refractivity contribution in [2.24, 2.45) is 0 Å². The number of aromatic nitrogens is 2. The number of carbonyl (C=O) groups excluding carboxylic acids is 1. The minimum Gasteiger partial charge on any atom is -0.352 e. The van der Waals surface area contributed by atoms with Gasteiger partial charge in [0.15, 0.2) is 0 Å². The van der Waals surface area contributed by atoms with Crippen LogP contribution in [-0.4, -0.2) is 41.8 Å². The molecule has 0 spiro atoms. The molecule has 0 unspecified atom stereocenters. The summed E-state index contributed by atoms with van der Waals surface area (Å²) in [6.07, 6.45) is 6.16. The van der Waals surface area contributed by atoms with Gasteiger partial charge in [-0.3, -0.25) is 4.79 Å². The fourth-order valence-corrected chi connectivity index (χ4v) is 4.04. The van der Waals surface area contributed by atoms with E-state index in [1.165, 1.54) is 4.31 Å². The average Bonchev–Trinajstić information content (AvgIpc) is 3.26. The van der Waals surface area contributed by atoms with Gasteiger partial charge in [-0.1, -0.05) is 30.3 Å². The van der Waals surface area contributed by atoms with Crippen LogP contribution in [0, 0.1) is 0 Å². The van der Waals surface area contributed by atoms with E-state index in [9.17, 15) is 13.2 Å². The maximum absolute atomic E-state index is 12.6. The maximum Gasteiger partial charge on any atom is 0.251 e. The van der Waals surface area contributed by atoms with Crippen LogP contribution in [0.5, 0.6) is 0 Å². The first kappa shape index (κ1) is 20.8. The second-order valence-corrected chi connectivity index (χ2v) is 8.73. The average molecular weight is 413 g/mol. The third-order valence-electron chi connectivity index (χ3n) is 4.51. The Balaban J connectivity index is 1.52. The third kappa shape index (κ3) is 5.52. The number of nitrogens with one attached hydrogen (secondary N) is 1. The zero-order valence-corrected chi connectivity index (χ0v) is 17.0. The molecule has 3 aromatic rings. The lowest BCUT2D eigenvalue weighted by molar-refractivity contribution is 0.0952. The molecule has 0 radical (unpaired) electrons. The molecule has 2 aromatic carbocycles. The van der Waals surface area contributed by atoms with Gasteiger partial charge in [0.2, 0.25) is 10.0 Å².